The third-order valence-electron chi connectivity index (χ3n) is 4.78. The standard InChI is InChI=1S/C19H20BrN3O5/c20-10-3-1-2-7-14(24)21-12-6-4-5-11-16(12)19(28)23(18(11)27)13-8-9-15(25)22-17(13)26/h4-6,13H,1-3,7-10H2,(H,21,24)(H,22,25,26). The van der Waals surface area contributed by atoms with Gasteiger partial charge in [0.2, 0.25) is 17.7 Å². The Kier molecular flexibility index (Phi) is 6.23. The number of rotatable bonds is 7. The lowest BCUT2D eigenvalue weighted by Gasteiger charge is -2.27. The minimum absolute atomic E-state index is 0.0573. The summed E-state index contributed by atoms with van der Waals surface area (Å²) in [5.41, 5.74) is 0.494. The molecule has 1 fully saturated rings. The highest BCUT2D eigenvalue weighted by atomic mass is 79.9. The number of nitrogens with one attached hydrogen (secondary N) is 2. The smallest absolute Gasteiger partial charge is 0.264 e. The van der Waals surface area contributed by atoms with E-state index in [4.69, 9.17) is 0 Å². The Morgan fingerprint density at radius 2 is 1.93 bits per heavy atom. The Morgan fingerprint density at radius 3 is 2.64 bits per heavy atom. The highest BCUT2D eigenvalue weighted by Gasteiger charge is 2.45. The molecule has 0 bridgehead atoms. The van der Waals surface area contributed by atoms with Crippen molar-refractivity contribution in [2.24, 2.45) is 0 Å². The van der Waals surface area contributed by atoms with Crippen LogP contribution in [-0.4, -0.2) is 45.8 Å². The molecule has 1 saturated heterocycles. The molecule has 148 valence electrons. The molecule has 0 aliphatic carbocycles. The molecule has 8 nitrogen and oxygen atoms in total. The number of alkyl halides is 1. The number of unbranched alkanes of at least 4 members (excludes halogenated alkanes) is 2. The average molecular weight is 450 g/mol. The number of amides is 5. The Hall–Kier alpha value is -2.55. The normalized spacial score (nSPS) is 18.9. The van der Waals surface area contributed by atoms with E-state index in [0.717, 1.165) is 29.5 Å². The molecule has 9 heteroatoms. The van der Waals surface area contributed by atoms with Crippen LogP contribution in [0.3, 0.4) is 0 Å². The van der Waals surface area contributed by atoms with Gasteiger partial charge in [0, 0.05) is 18.2 Å². The Morgan fingerprint density at radius 1 is 1.14 bits per heavy atom. The van der Waals surface area contributed by atoms with Crippen LogP contribution in [0.15, 0.2) is 18.2 Å². The minimum atomic E-state index is -1.03. The number of imide groups is 2. The fraction of sp³-hybridized carbons (Fsp3) is 0.421. The number of hydrogen-bond donors (Lipinski definition) is 2. The van der Waals surface area contributed by atoms with Crippen LogP contribution in [-0.2, 0) is 14.4 Å². The zero-order valence-corrected chi connectivity index (χ0v) is 16.7. The maximum Gasteiger partial charge on any atom is 0.264 e. The minimum Gasteiger partial charge on any atom is -0.325 e. The second kappa shape index (κ2) is 8.64. The van der Waals surface area contributed by atoms with Crippen LogP contribution in [0, 0.1) is 0 Å². The van der Waals surface area contributed by atoms with E-state index in [1.165, 1.54) is 6.07 Å². The molecule has 0 spiro atoms. The second-order valence-electron chi connectivity index (χ2n) is 6.72. The van der Waals surface area contributed by atoms with Crippen LogP contribution >= 0.6 is 15.9 Å². The largest absolute Gasteiger partial charge is 0.325 e. The molecule has 3 rings (SSSR count). The summed E-state index contributed by atoms with van der Waals surface area (Å²) in [7, 11) is 0. The summed E-state index contributed by atoms with van der Waals surface area (Å²) in [6.45, 7) is 0. The van der Waals surface area contributed by atoms with E-state index >= 15 is 0 Å². The van der Waals surface area contributed by atoms with Gasteiger partial charge in [-0.1, -0.05) is 28.4 Å². The van der Waals surface area contributed by atoms with Gasteiger partial charge in [-0.05, 0) is 31.4 Å². The van der Waals surface area contributed by atoms with E-state index in [1.54, 1.807) is 12.1 Å². The number of carbonyl (C=O) groups excluding carboxylic acids is 5. The molecule has 1 unspecified atom stereocenters. The van der Waals surface area contributed by atoms with Gasteiger partial charge in [-0.2, -0.15) is 0 Å². The molecule has 1 aromatic rings. The molecule has 1 atom stereocenters. The van der Waals surface area contributed by atoms with Gasteiger partial charge in [0.15, 0.2) is 0 Å². The molecule has 0 radical (unpaired) electrons. The fourth-order valence-corrected chi connectivity index (χ4v) is 3.79. The van der Waals surface area contributed by atoms with Crippen molar-refractivity contribution in [3.63, 3.8) is 0 Å². The summed E-state index contributed by atoms with van der Waals surface area (Å²) in [4.78, 5) is 62.2. The summed E-state index contributed by atoms with van der Waals surface area (Å²) in [5.74, 6) is -2.55. The van der Waals surface area contributed by atoms with Crippen molar-refractivity contribution in [2.75, 3.05) is 10.6 Å². The zero-order valence-electron chi connectivity index (χ0n) is 15.1. The number of hydrogen-bond acceptors (Lipinski definition) is 5. The van der Waals surface area contributed by atoms with Gasteiger partial charge in [0.1, 0.15) is 6.04 Å². The van der Waals surface area contributed by atoms with E-state index in [2.05, 4.69) is 26.6 Å². The maximum absolute atomic E-state index is 12.9. The third kappa shape index (κ3) is 3.99. The number of anilines is 1. The lowest BCUT2D eigenvalue weighted by Crippen LogP contribution is -2.54. The van der Waals surface area contributed by atoms with Crippen LogP contribution in [0.4, 0.5) is 5.69 Å². The van der Waals surface area contributed by atoms with Gasteiger partial charge in [-0.15, -0.1) is 0 Å². The first kappa shape index (κ1) is 20.2. The van der Waals surface area contributed by atoms with Gasteiger partial charge in [-0.3, -0.25) is 34.2 Å². The summed E-state index contributed by atoms with van der Waals surface area (Å²) in [6, 6.07) is 3.61. The second-order valence-corrected chi connectivity index (χ2v) is 7.52. The topological polar surface area (TPSA) is 113 Å². The highest BCUT2D eigenvalue weighted by Crippen LogP contribution is 2.32. The predicted octanol–water partition coefficient (Wildman–Crippen LogP) is 1.98. The van der Waals surface area contributed by atoms with Gasteiger partial charge < -0.3 is 5.32 Å². The third-order valence-corrected chi connectivity index (χ3v) is 5.34. The molecule has 0 aromatic heterocycles. The number of piperidine rings is 1. The molecule has 1 aromatic carbocycles. The van der Waals surface area contributed by atoms with E-state index in [9.17, 15) is 24.0 Å². The molecule has 2 aliphatic heterocycles. The molecular weight excluding hydrogens is 430 g/mol. The number of carbonyl (C=O) groups is 5. The molecule has 2 heterocycles. The quantitative estimate of drug-likeness (QED) is 0.375. The first-order valence-corrected chi connectivity index (χ1v) is 10.3. The van der Waals surface area contributed by atoms with Crippen molar-refractivity contribution in [3.8, 4) is 0 Å². The summed E-state index contributed by atoms with van der Waals surface area (Å²) < 4.78 is 0. The first-order valence-electron chi connectivity index (χ1n) is 9.14. The molecule has 0 saturated carbocycles. The van der Waals surface area contributed by atoms with Crippen molar-refractivity contribution in [3.05, 3.63) is 29.3 Å². The molecule has 5 amide bonds. The lowest BCUT2D eigenvalue weighted by atomic mass is 10.0. The van der Waals surface area contributed by atoms with Crippen molar-refractivity contribution < 1.29 is 24.0 Å². The van der Waals surface area contributed by atoms with E-state index in [1.807, 2.05) is 0 Å². The van der Waals surface area contributed by atoms with Crippen molar-refractivity contribution in [1.29, 1.82) is 0 Å². The lowest BCUT2D eigenvalue weighted by molar-refractivity contribution is -0.136. The van der Waals surface area contributed by atoms with E-state index in [0.29, 0.717) is 6.42 Å². The number of fused-ring (bicyclic) bond motifs is 1. The van der Waals surface area contributed by atoms with Crippen LogP contribution in [0.25, 0.3) is 0 Å². The average Bonchev–Trinajstić information content (AvgIpc) is 2.91. The van der Waals surface area contributed by atoms with Crippen LogP contribution in [0.1, 0.15) is 59.2 Å². The van der Waals surface area contributed by atoms with Crippen LogP contribution in [0.5, 0.6) is 0 Å². The van der Waals surface area contributed by atoms with Gasteiger partial charge >= 0.3 is 0 Å². The molecule has 28 heavy (non-hydrogen) atoms. The SMILES string of the molecule is O=C1CCC(N2C(=O)c3cccc(NC(=O)CCCCCBr)c3C2=O)C(=O)N1. The van der Waals surface area contributed by atoms with Gasteiger partial charge in [0.05, 0.1) is 16.8 Å². The monoisotopic (exact) mass is 449 g/mol. The van der Waals surface area contributed by atoms with Gasteiger partial charge in [0.25, 0.3) is 11.8 Å². The van der Waals surface area contributed by atoms with Crippen LogP contribution < -0.4 is 10.6 Å². The van der Waals surface area contributed by atoms with Crippen molar-refractivity contribution in [1.82, 2.24) is 10.2 Å². The number of benzene rings is 1. The number of halogens is 1. The Labute approximate surface area is 170 Å². The molecular formula is C19H20BrN3O5. The Balaban J connectivity index is 1.77. The summed E-state index contributed by atoms with van der Waals surface area (Å²) in [6.07, 6.45) is 3.07. The van der Waals surface area contributed by atoms with Crippen LogP contribution in [0.2, 0.25) is 0 Å². The highest BCUT2D eigenvalue weighted by molar-refractivity contribution is 9.09. The predicted molar refractivity (Wildman–Crippen MR) is 104 cm³/mol. The van der Waals surface area contributed by atoms with E-state index in [-0.39, 0.29) is 35.6 Å². The molecule has 2 aliphatic rings. The maximum atomic E-state index is 12.9. The van der Waals surface area contributed by atoms with Crippen molar-refractivity contribution >= 4 is 51.2 Å². The number of nitrogens with zero attached hydrogens (tertiary/aromatic N) is 1. The molecule has 2 N–H and O–H groups in total. The summed E-state index contributed by atoms with van der Waals surface area (Å²) in [5, 5.41) is 5.75. The first-order chi connectivity index (χ1) is 13.4. The Bertz CT molecular complexity index is 854. The van der Waals surface area contributed by atoms with Crippen molar-refractivity contribution in [2.45, 2.75) is 44.6 Å². The zero-order chi connectivity index (χ0) is 20.3. The fourth-order valence-electron chi connectivity index (χ4n) is 3.39. The van der Waals surface area contributed by atoms with E-state index < -0.39 is 29.7 Å². The van der Waals surface area contributed by atoms with Gasteiger partial charge in [-0.25, -0.2) is 0 Å². The summed E-state index contributed by atoms with van der Waals surface area (Å²) >= 11 is 3.34.